The summed E-state index contributed by atoms with van der Waals surface area (Å²) in [5.41, 5.74) is 1.78. The largest absolute Gasteiger partial charge is 0.379 e. The third kappa shape index (κ3) is 3.47. The second-order valence-corrected chi connectivity index (χ2v) is 7.60. The second kappa shape index (κ2) is 7.46. The summed E-state index contributed by atoms with van der Waals surface area (Å²) in [6.45, 7) is 11.4. The van der Waals surface area contributed by atoms with Crippen LogP contribution in [0.4, 0.5) is 0 Å². The number of morpholine rings is 1. The first-order chi connectivity index (χ1) is 12.0. The predicted octanol–water partition coefficient (Wildman–Crippen LogP) is 2.54. The van der Waals surface area contributed by atoms with Gasteiger partial charge in [0.25, 0.3) is 0 Å². The molecular formula is C19H31N3O3. The molecule has 1 N–H and O–H groups in total. The van der Waals surface area contributed by atoms with Crippen LogP contribution in [-0.4, -0.2) is 53.8 Å². The van der Waals surface area contributed by atoms with E-state index in [9.17, 15) is 4.79 Å². The normalized spacial score (nSPS) is 23.4. The molecule has 0 bridgehead atoms. The van der Waals surface area contributed by atoms with Gasteiger partial charge in [-0.2, -0.15) is 0 Å². The van der Waals surface area contributed by atoms with Crippen molar-refractivity contribution in [3.05, 3.63) is 17.0 Å². The highest BCUT2D eigenvalue weighted by Crippen LogP contribution is 2.39. The molecule has 0 aromatic carbocycles. The molecule has 0 spiro atoms. The maximum atomic E-state index is 12.9. The van der Waals surface area contributed by atoms with Gasteiger partial charge in [-0.1, -0.05) is 18.0 Å². The van der Waals surface area contributed by atoms with Crippen LogP contribution in [-0.2, 0) is 9.53 Å². The molecule has 6 nitrogen and oxygen atoms in total. The van der Waals surface area contributed by atoms with Gasteiger partial charge in [0.1, 0.15) is 5.76 Å². The van der Waals surface area contributed by atoms with E-state index in [4.69, 9.17) is 9.26 Å². The second-order valence-electron chi connectivity index (χ2n) is 7.60. The molecule has 6 heteroatoms. The topological polar surface area (TPSA) is 67.6 Å². The molecule has 2 heterocycles. The Hall–Kier alpha value is -1.40. The van der Waals surface area contributed by atoms with Gasteiger partial charge in [0.15, 0.2) is 0 Å². The third-order valence-corrected chi connectivity index (χ3v) is 6.19. The van der Waals surface area contributed by atoms with Crippen molar-refractivity contribution in [2.24, 2.45) is 0 Å². The quantitative estimate of drug-likeness (QED) is 0.885. The third-order valence-electron chi connectivity index (χ3n) is 6.19. The minimum absolute atomic E-state index is 0.0569. The first kappa shape index (κ1) is 18.4. The van der Waals surface area contributed by atoms with Crippen molar-refractivity contribution < 1.29 is 14.1 Å². The zero-order valence-electron chi connectivity index (χ0n) is 15.9. The number of nitrogens with one attached hydrogen (secondary N) is 1. The molecule has 1 amide bonds. The zero-order chi connectivity index (χ0) is 18.0. The van der Waals surface area contributed by atoms with Gasteiger partial charge >= 0.3 is 0 Å². The van der Waals surface area contributed by atoms with Crippen LogP contribution in [0.25, 0.3) is 0 Å². The highest BCUT2D eigenvalue weighted by Gasteiger charge is 2.45. The fraction of sp³-hybridized carbons (Fsp3) is 0.789. The lowest BCUT2D eigenvalue weighted by molar-refractivity contribution is -0.124. The van der Waals surface area contributed by atoms with Crippen molar-refractivity contribution in [3.63, 3.8) is 0 Å². The average Bonchev–Trinajstić information content (AvgIpc) is 3.23. The number of hydrogen-bond donors (Lipinski definition) is 1. The molecule has 1 aromatic rings. The molecule has 25 heavy (non-hydrogen) atoms. The van der Waals surface area contributed by atoms with Gasteiger partial charge < -0.3 is 14.6 Å². The molecule has 2 fully saturated rings. The number of ether oxygens (including phenoxy) is 1. The molecule has 140 valence electrons. The van der Waals surface area contributed by atoms with Crippen molar-refractivity contribution in [2.45, 2.75) is 70.9 Å². The zero-order valence-corrected chi connectivity index (χ0v) is 15.9. The van der Waals surface area contributed by atoms with Crippen LogP contribution in [0.2, 0.25) is 0 Å². The van der Waals surface area contributed by atoms with E-state index in [1.54, 1.807) is 0 Å². The van der Waals surface area contributed by atoms with Gasteiger partial charge in [0.05, 0.1) is 24.8 Å². The Morgan fingerprint density at radius 2 is 1.84 bits per heavy atom. The number of aromatic nitrogens is 1. The fourth-order valence-corrected chi connectivity index (χ4v) is 4.73. The fourth-order valence-electron chi connectivity index (χ4n) is 4.73. The summed E-state index contributed by atoms with van der Waals surface area (Å²) in [6.07, 6.45) is 4.76. The molecule has 0 radical (unpaired) electrons. The predicted molar refractivity (Wildman–Crippen MR) is 95.6 cm³/mol. The van der Waals surface area contributed by atoms with Crippen LogP contribution >= 0.6 is 0 Å². The summed E-state index contributed by atoms with van der Waals surface area (Å²) in [5.74, 6) is 0.537. The number of hydrogen-bond acceptors (Lipinski definition) is 5. The van der Waals surface area contributed by atoms with Crippen molar-refractivity contribution in [2.75, 3.05) is 26.3 Å². The van der Waals surface area contributed by atoms with E-state index in [2.05, 4.69) is 22.3 Å². The molecule has 1 saturated carbocycles. The lowest BCUT2D eigenvalue weighted by Gasteiger charge is -2.47. The van der Waals surface area contributed by atoms with Crippen LogP contribution in [0.15, 0.2) is 4.52 Å². The van der Waals surface area contributed by atoms with Gasteiger partial charge in [0.2, 0.25) is 5.91 Å². The lowest BCUT2D eigenvalue weighted by atomic mass is 9.86. The van der Waals surface area contributed by atoms with Crippen LogP contribution in [0, 0.1) is 13.8 Å². The van der Waals surface area contributed by atoms with Gasteiger partial charge in [-0.05, 0) is 40.5 Å². The van der Waals surface area contributed by atoms with E-state index in [1.165, 1.54) is 12.8 Å². The van der Waals surface area contributed by atoms with E-state index in [-0.39, 0.29) is 23.4 Å². The standard InChI is InChI=1S/C19H31N3O3/c1-13(17-14(2)21-25-15(17)3)18(23)20-16(4)19(7-5-6-8-19)22-9-11-24-12-10-22/h13,16H,5-12H2,1-4H3,(H,20,23)/t13-,16-/m1/s1. The summed E-state index contributed by atoms with van der Waals surface area (Å²) in [7, 11) is 0. The van der Waals surface area contributed by atoms with Crippen molar-refractivity contribution in [1.82, 2.24) is 15.4 Å². The van der Waals surface area contributed by atoms with E-state index in [0.717, 1.165) is 56.2 Å². The molecule has 3 rings (SSSR count). The van der Waals surface area contributed by atoms with E-state index in [1.807, 2.05) is 20.8 Å². The average molecular weight is 349 g/mol. The van der Waals surface area contributed by atoms with Gasteiger partial charge in [-0.3, -0.25) is 9.69 Å². The number of carbonyl (C=O) groups is 1. The Balaban J connectivity index is 1.72. The number of nitrogens with zero attached hydrogens (tertiary/aromatic N) is 2. The number of amides is 1. The Bertz CT molecular complexity index is 582. The smallest absolute Gasteiger partial charge is 0.227 e. The molecule has 2 atom stereocenters. The molecule has 1 saturated heterocycles. The minimum atomic E-state index is -0.253. The van der Waals surface area contributed by atoms with E-state index in [0.29, 0.717) is 0 Å². The first-order valence-electron chi connectivity index (χ1n) is 9.51. The monoisotopic (exact) mass is 349 g/mol. The number of aryl methyl sites for hydroxylation is 2. The Kier molecular flexibility index (Phi) is 5.49. The molecule has 1 aliphatic carbocycles. The van der Waals surface area contributed by atoms with Crippen LogP contribution in [0.1, 0.15) is 62.5 Å². The summed E-state index contributed by atoms with van der Waals surface area (Å²) >= 11 is 0. The van der Waals surface area contributed by atoms with E-state index < -0.39 is 0 Å². The highest BCUT2D eigenvalue weighted by molar-refractivity contribution is 5.84. The first-order valence-corrected chi connectivity index (χ1v) is 9.51. The van der Waals surface area contributed by atoms with E-state index >= 15 is 0 Å². The van der Waals surface area contributed by atoms with Crippen LogP contribution in [0.3, 0.4) is 0 Å². The SMILES string of the molecule is Cc1noc(C)c1[C@@H](C)C(=O)N[C@H](C)C1(N2CCOCC2)CCCC1. The van der Waals surface area contributed by atoms with Gasteiger partial charge in [-0.15, -0.1) is 0 Å². The molecular weight excluding hydrogens is 318 g/mol. The van der Waals surface area contributed by atoms with Gasteiger partial charge in [-0.25, -0.2) is 0 Å². The Morgan fingerprint density at radius 3 is 2.40 bits per heavy atom. The summed E-state index contributed by atoms with van der Waals surface area (Å²) in [5, 5.41) is 7.30. The molecule has 2 aliphatic rings. The Labute approximate surface area is 150 Å². The maximum absolute atomic E-state index is 12.9. The molecule has 1 aromatic heterocycles. The Morgan fingerprint density at radius 1 is 1.20 bits per heavy atom. The lowest BCUT2D eigenvalue weighted by Crippen LogP contribution is -2.62. The summed E-state index contributed by atoms with van der Waals surface area (Å²) < 4.78 is 10.8. The maximum Gasteiger partial charge on any atom is 0.227 e. The number of rotatable bonds is 5. The van der Waals surface area contributed by atoms with Crippen molar-refractivity contribution in [3.8, 4) is 0 Å². The van der Waals surface area contributed by atoms with Crippen LogP contribution in [0.5, 0.6) is 0 Å². The van der Waals surface area contributed by atoms with Crippen molar-refractivity contribution >= 4 is 5.91 Å². The van der Waals surface area contributed by atoms with Crippen molar-refractivity contribution in [1.29, 1.82) is 0 Å². The van der Waals surface area contributed by atoms with Gasteiger partial charge in [0, 0.05) is 30.2 Å². The highest BCUT2D eigenvalue weighted by atomic mass is 16.5. The minimum Gasteiger partial charge on any atom is -0.379 e. The molecule has 0 unspecified atom stereocenters. The van der Waals surface area contributed by atoms with Crippen LogP contribution < -0.4 is 5.32 Å². The number of carbonyl (C=O) groups excluding carboxylic acids is 1. The molecule has 1 aliphatic heterocycles. The summed E-state index contributed by atoms with van der Waals surface area (Å²) in [6, 6.07) is 0.114. The summed E-state index contributed by atoms with van der Waals surface area (Å²) in [4.78, 5) is 15.5.